The summed E-state index contributed by atoms with van der Waals surface area (Å²) < 4.78 is 7.50. The normalized spacial score (nSPS) is 16.7. The molecule has 0 saturated carbocycles. The van der Waals surface area contributed by atoms with Gasteiger partial charge in [-0.1, -0.05) is 12.1 Å². The first-order chi connectivity index (χ1) is 9.66. The van der Waals surface area contributed by atoms with Crippen LogP contribution in [0, 0.1) is 6.92 Å². The van der Waals surface area contributed by atoms with Crippen molar-refractivity contribution in [3.8, 4) is 5.75 Å². The van der Waals surface area contributed by atoms with Crippen LogP contribution in [-0.2, 0) is 7.05 Å². The average Bonchev–Trinajstić information content (AvgIpc) is 2.76. The van der Waals surface area contributed by atoms with Gasteiger partial charge in [0.05, 0.1) is 17.9 Å². The van der Waals surface area contributed by atoms with E-state index in [1.54, 1.807) is 10.9 Å². The van der Waals surface area contributed by atoms with Crippen LogP contribution in [0.1, 0.15) is 28.0 Å². The van der Waals surface area contributed by atoms with Crippen LogP contribution in [0.5, 0.6) is 5.75 Å². The Labute approximate surface area is 117 Å². The fourth-order valence-electron chi connectivity index (χ4n) is 2.41. The maximum absolute atomic E-state index is 12.6. The molecule has 0 unspecified atom stereocenters. The van der Waals surface area contributed by atoms with Crippen LogP contribution in [-0.4, -0.2) is 22.2 Å². The monoisotopic (exact) mass is 268 g/mol. The number of nitrogens with zero attached hydrogens (tertiary/aromatic N) is 2. The summed E-state index contributed by atoms with van der Waals surface area (Å²) in [5.41, 5.74) is 3.33. The van der Waals surface area contributed by atoms with Gasteiger partial charge in [-0.05, 0) is 30.7 Å². The third kappa shape index (κ3) is 2.13. The summed E-state index contributed by atoms with van der Waals surface area (Å²) in [7, 11) is 1.86. The maximum Gasteiger partial charge on any atom is 0.192 e. The molecule has 20 heavy (non-hydrogen) atoms. The lowest BCUT2D eigenvalue weighted by Crippen LogP contribution is -2.03. The molecule has 0 N–H and O–H groups in total. The largest absolute Gasteiger partial charge is 0.492 e. The number of hydrogen-bond acceptors (Lipinski definition) is 3. The number of benzene rings is 1. The zero-order valence-electron chi connectivity index (χ0n) is 11.6. The SMILES string of the molecule is Cc1cccc2c1OCC/C(=C\c1ccnn1C)C2=O. The average molecular weight is 268 g/mol. The highest BCUT2D eigenvalue weighted by Crippen LogP contribution is 2.30. The van der Waals surface area contributed by atoms with Gasteiger partial charge in [-0.15, -0.1) is 0 Å². The molecule has 3 rings (SSSR count). The van der Waals surface area contributed by atoms with E-state index >= 15 is 0 Å². The summed E-state index contributed by atoms with van der Waals surface area (Å²) in [4.78, 5) is 12.6. The number of para-hydroxylation sites is 1. The van der Waals surface area contributed by atoms with Gasteiger partial charge in [-0.2, -0.15) is 5.10 Å². The second-order valence-electron chi connectivity index (χ2n) is 4.93. The third-order valence-corrected chi connectivity index (χ3v) is 3.55. The molecule has 2 heterocycles. The topological polar surface area (TPSA) is 44.1 Å². The Morgan fingerprint density at radius 3 is 2.95 bits per heavy atom. The van der Waals surface area contributed by atoms with Crippen LogP contribution in [0.2, 0.25) is 0 Å². The van der Waals surface area contributed by atoms with Gasteiger partial charge < -0.3 is 4.74 Å². The number of aromatic nitrogens is 2. The van der Waals surface area contributed by atoms with Crippen LogP contribution in [0.4, 0.5) is 0 Å². The molecule has 1 aliphatic heterocycles. The predicted octanol–water partition coefficient (Wildman–Crippen LogP) is 2.78. The molecule has 0 spiro atoms. The van der Waals surface area contributed by atoms with E-state index in [0.717, 1.165) is 16.8 Å². The van der Waals surface area contributed by atoms with Gasteiger partial charge in [0, 0.05) is 25.2 Å². The van der Waals surface area contributed by atoms with E-state index in [2.05, 4.69) is 5.10 Å². The van der Waals surface area contributed by atoms with Crippen LogP contribution in [0.15, 0.2) is 36.0 Å². The number of carbonyl (C=O) groups is 1. The van der Waals surface area contributed by atoms with E-state index in [9.17, 15) is 4.79 Å². The van der Waals surface area contributed by atoms with Crippen molar-refractivity contribution < 1.29 is 9.53 Å². The lowest BCUT2D eigenvalue weighted by Gasteiger charge is -2.08. The summed E-state index contributed by atoms with van der Waals surface area (Å²) in [6.45, 7) is 2.48. The van der Waals surface area contributed by atoms with Crippen molar-refractivity contribution in [2.45, 2.75) is 13.3 Å². The van der Waals surface area contributed by atoms with E-state index in [1.807, 2.05) is 44.3 Å². The second kappa shape index (κ2) is 4.96. The van der Waals surface area contributed by atoms with Gasteiger partial charge >= 0.3 is 0 Å². The standard InChI is InChI=1S/C16H16N2O2/c1-11-4-3-5-14-15(19)12(7-9-20-16(11)14)10-13-6-8-17-18(13)2/h3-6,8,10H,7,9H2,1-2H3/b12-10+. The van der Waals surface area contributed by atoms with Crippen molar-refractivity contribution in [2.75, 3.05) is 6.61 Å². The molecule has 1 aliphatic rings. The molecule has 4 heteroatoms. The molecule has 1 aromatic heterocycles. The molecule has 102 valence electrons. The van der Waals surface area contributed by atoms with E-state index in [1.165, 1.54) is 0 Å². The van der Waals surface area contributed by atoms with Gasteiger partial charge in [0.1, 0.15) is 5.75 Å². The third-order valence-electron chi connectivity index (χ3n) is 3.55. The lowest BCUT2D eigenvalue weighted by molar-refractivity contribution is 0.103. The van der Waals surface area contributed by atoms with Crippen molar-refractivity contribution in [1.29, 1.82) is 0 Å². The molecule has 1 aromatic carbocycles. The van der Waals surface area contributed by atoms with Crippen LogP contribution < -0.4 is 4.74 Å². The van der Waals surface area contributed by atoms with E-state index in [4.69, 9.17) is 4.74 Å². The van der Waals surface area contributed by atoms with E-state index in [0.29, 0.717) is 24.3 Å². The molecule has 0 bridgehead atoms. The Morgan fingerprint density at radius 1 is 1.35 bits per heavy atom. The van der Waals surface area contributed by atoms with E-state index < -0.39 is 0 Å². The summed E-state index contributed by atoms with van der Waals surface area (Å²) in [6, 6.07) is 7.57. The Bertz CT molecular complexity index is 698. The molecule has 0 saturated heterocycles. The zero-order chi connectivity index (χ0) is 14.1. The first-order valence-corrected chi connectivity index (χ1v) is 6.62. The lowest BCUT2D eigenvalue weighted by atomic mass is 9.99. The highest BCUT2D eigenvalue weighted by atomic mass is 16.5. The van der Waals surface area contributed by atoms with Gasteiger partial charge in [-0.25, -0.2) is 0 Å². The summed E-state index contributed by atoms with van der Waals surface area (Å²) in [5.74, 6) is 0.758. The maximum atomic E-state index is 12.6. The van der Waals surface area contributed by atoms with Crippen molar-refractivity contribution in [1.82, 2.24) is 9.78 Å². The second-order valence-corrected chi connectivity index (χ2v) is 4.93. The minimum Gasteiger partial charge on any atom is -0.492 e. The fraction of sp³-hybridized carbons (Fsp3) is 0.250. The van der Waals surface area contributed by atoms with Crippen molar-refractivity contribution in [3.05, 3.63) is 52.9 Å². The van der Waals surface area contributed by atoms with Crippen LogP contribution in [0.25, 0.3) is 6.08 Å². The number of Topliss-reactive ketones (excluding diaryl/α,β-unsaturated/α-hetero) is 1. The van der Waals surface area contributed by atoms with Gasteiger partial charge in [0.25, 0.3) is 0 Å². The van der Waals surface area contributed by atoms with Gasteiger partial charge in [0.2, 0.25) is 0 Å². The first kappa shape index (κ1) is 12.7. The minimum atomic E-state index is 0.0439. The molecule has 4 nitrogen and oxygen atoms in total. The Kier molecular flexibility index (Phi) is 3.14. The molecule has 0 amide bonds. The van der Waals surface area contributed by atoms with Crippen molar-refractivity contribution in [2.24, 2.45) is 7.05 Å². The number of carbonyl (C=O) groups excluding carboxylic acids is 1. The highest BCUT2D eigenvalue weighted by molar-refractivity contribution is 6.13. The van der Waals surface area contributed by atoms with Crippen molar-refractivity contribution >= 4 is 11.9 Å². The number of hydrogen-bond donors (Lipinski definition) is 0. The molecule has 0 fully saturated rings. The van der Waals surface area contributed by atoms with Crippen LogP contribution in [0.3, 0.4) is 0 Å². The molecule has 0 radical (unpaired) electrons. The number of aryl methyl sites for hydroxylation is 2. The Balaban J connectivity index is 2.06. The molecule has 2 aromatic rings. The van der Waals surface area contributed by atoms with E-state index in [-0.39, 0.29) is 5.78 Å². The number of fused-ring (bicyclic) bond motifs is 1. The number of ether oxygens (including phenoxy) is 1. The van der Waals surface area contributed by atoms with Gasteiger partial charge in [-0.3, -0.25) is 9.48 Å². The predicted molar refractivity (Wildman–Crippen MR) is 76.8 cm³/mol. The first-order valence-electron chi connectivity index (χ1n) is 6.62. The fourth-order valence-corrected chi connectivity index (χ4v) is 2.41. The molecular formula is C16H16N2O2. The summed E-state index contributed by atoms with van der Waals surface area (Å²) in [6.07, 6.45) is 4.23. The highest BCUT2D eigenvalue weighted by Gasteiger charge is 2.22. The smallest absolute Gasteiger partial charge is 0.192 e. The number of rotatable bonds is 1. The molecular weight excluding hydrogens is 252 g/mol. The summed E-state index contributed by atoms with van der Waals surface area (Å²) >= 11 is 0. The summed E-state index contributed by atoms with van der Waals surface area (Å²) in [5, 5.41) is 4.12. The molecule has 0 aliphatic carbocycles. The Hall–Kier alpha value is -2.36. The van der Waals surface area contributed by atoms with Gasteiger partial charge in [0.15, 0.2) is 5.78 Å². The number of ketones is 1. The van der Waals surface area contributed by atoms with Crippen LogP contribution >= 0.6 is 0 Å². The van der Waals surface area contributed by atoms with Crippen molar-refractivity contribution in [3.63, 3.8) is 0 Å². The quantitative estimate of drug-likeness (QED) is 0.747. The zero-order valence-corrected chi connectivity index (χ0v) is 11.6. The molecule has 0 atom stereocenters. The minimum absolute atomic E-state index is 0.0439. The Morgan fingerprint density at radius 2 is 2.20 bits per heavy atom.